The normalized spacial score (nSPS) is 17.8. The van der Waals surface area contributed by atoms with E-state index in [1.807, 2.05) is 20.8 Å². The maximum Gasteiger partial charge on any atom is 0.329 e. The molecule has 22 heavy (non-hydrogen) atoms. The van der Waals surface area contributed by atoms with Crippen molar-refractivity contribution in [1.82, 2.24) is 0 Å². The summed E-state index contributed by atoms with van der Waals surface area (Å²) >= 11 is 6.24. The zero-order valence-electron chi connectivity index (χ0n) is 13.1. The van der Waals surface area contributed by atoms with Crippen LogP contribution in [-0.4, -0.2) is 35.4 Å². The van der Waals surface area contributed by atoms with Crippen LogP contribution in [0.3, 0.4) is 0 Å². The lowest BCUT2D eigenvalue weighted by Gasteiger charge is -2.35. The van der Waals surface area contributed by atoms with Crippen molar-refractivity contribution in [2.75, 3.05) is 18.5 Å². The SMILES string of the molecule is CC(C)(C)Oc1ccc(NC2(C(=O)O)CCOCC2)cc1Cl. The van der Waals surface area contributed by atoms with Crippen molar-refractivity contribution in [2.24, 2.45) is 0 Å². The summed E-state index contributed by atoms with van der Waals surface area (Å²) in [6, 6.07) is 5.24. The minimum Gasteiger partial charge on any atom is -0.487 e. The Morgan fingerprint density at radius 1 is 1.36 bits per heavy atom. The van der Waals surface area contributed by atoms with Crippen LogP contribution in [0.25, 0.3) is 0 Å². The molecule has 0 bridgehead atoms. The first-order chi connectivity index (χ1) is 10.2. The van der Waals surface area contributed by atoms with Crippen LogP contribution in [0.2, 0.25) is 5.02 Å². The van der Waals surface area contributed by atoms with E-state index in [-0.39, 0.29) is 5.60 Å². The highest BCUT2D eigenvalue weighted by Gasteiger charge is 2.40. The van der Waals surface area contributed by atoms with E-state index < -0.39 is 11.5 Å². The number of carboxylic acid groups (broad SMARTS) is 1. The van der Waals surface area contributed by atoms with Crippen molar-refractivity contribution in [2.45, 2.75) is 44.8 Å². The van der Waals surface area contributed by atoms with Crippen LogP contribution in [0.1, 0.15) is 33.6 Å². The van der Waals surface area contributed by atoms with Gasteiger partial charge in [-0.25, -0.2) is 4.79 Å². The van der Waals surface area contributed by atoms with E-state index in [1.165, 1.54) is 0 Å². The lowest BCUT2D eigenvalue weighted by atomic mass is 9.90. The van der Waals surface area contributed by atoms with Crippen LogP contribution in [0.15, 0.2) is 18.2 Å². The zero-order valence-corrected chi connectivity index (χ0v) is 13.9. The van der Waals surface area contributed by atoms with Gasteiger partial charge in [0.25, 0.3) is 0 Å². The van der Waals surface area contributed by atoms with E-state index in [4.69, 9.17) is 21.1 Å². The van der Waals surface area contributed by atoms with Gasteiger partial charge in [-0.3, -0.25) is 0 Å². The lowest BCUT2D eigenvalue weighted by Crippen LogP contribution is -2.50. The van der Waals surface area contributed by atoms with Crippen molar-refractivity contribution in [3.8, 4) is 5.75 Å². The summed E-state index contributed by atoms with van der Waals surface area (Å²) in [5.74, 6) is -0.294. The summed E-state index contributed by atoms with van der Waals surface area (Å²) in [6.45, 7) is 6.68. The van der Waals surface area contributed by atoms with Gasteiger partial charge in [0, 0.05) is 31.7 Å². The molecule has 1 aliphatic heterocycles. The van der Waals surface area contributed by atoms with Crippen molar-refractivity contribution >= 4 is 23.3 Å². The molecule has 0 aromatic heterocycles. The van der Waals surface area contributed by atoms with E-state index in [1.54, 1.807) is 18.2 Å². The summed E-state index contributed by atoms with van der Waals surface area (Å²) in [4.78, 5) is 11.6. The highest BCUT2D eigenvalue weighted by molar-refractivity contribution is 6.32. The molecule has 1 aromatic carbocycles. The minimum absolute atomic E-state index is 0.346. The smallest absolute Gasteiger partial charge is 0.329 e. The molecule has 1 aliphatic rings. The average molecular weight is 328 g/mol. The van der Waals surface area contributed by atoms with Gasteiger partial charge < -0.3 is 19.9 Å². The second-order valence-corrected chi connectivity index (χ2v) is 6.89. The quantitative estimate of drug-likeness (QED) is 0.885. The molecule has 0 spiro atoms. The molecule has 1 saturated heterocycles. The maximum atomic E-state index is 11.6. The first-order valence-electron chi connectivity index (χ1n) is 7.30. The van der Waals surface area contributed by atoms with Crippen LogP contribution in [-0.2, 0) is 9.53 Å². The number of nitrogens with one attached hydrogen (secondary N) is 1. The summed E-state index contributed by atoms with van der Waals surface area (Å²) in [5, 5.41) is 13.1. The third kappa shape index (κ3) is 4.05. The molecule has 1 fully saturated rings. The molecule has 2 N–H and O–H groups in total. The average Bonchev–Trinajstić information content (AvgIpc) is 2.41. The van der Waals surface area contributed by atoms with Gasteiger partial charge in [-0.05, 0) is 39.0 Å². The Kier molecular flexibility index (Phi) is 4.87. The number of hydrogen-bond acceptors (Lipinski definition) is 4. The Balaban J connectivity index is 2.19. The van der Waals surface area contributed by atoms with Crippen molar-refractivity contribution in [1.29, 1.82) is 0 Å². The standard InChI is InChI=1S/C16H22ClNO4/c1-15(2,3)22-13-5-4-11(10-12(13)17)18-16(14(19)20)6-8-21-9-7-16/h4-5,10,18H,6-9H2,1-3H3,(H,19,20). The number of rotatable bonds is 4. The number of ether oxygens (including phenoxy) is 2. The van der Waals surface area contributed by atoms with Gasteiger partial charge in [0.05, 0.1) is 5.02 Å². The number of hydrogen-bond donors (Lipinski definition) is 2. The van der Waals surface area contributed by atoms with E-state index in [2.05, 4.69) is 5.32 Å². The summed E-state index contributed by atoms with van der Waals surface area (Å²) in [5.41, 5.74) is -0.689. The van der Waals surface area contributed by atoms with Gasteiger partial charge in [0.1, 0.15) is 16.9 Å². The highest BCUT2D eigenvalue weighted by Crippen LogP contribution is 2.33. The molecule has 0 amide bonds. The van der Waals surface area contributed by atoms with Crippen LogP contribution in [0.5, 0.6) is 5.75 Å². The molecule has 5 nitrogen and oxygen atoms in total. The predicted molar refractivity (Wildman–Crippen MR) is 85.9 cm³/mol. The Labute approximate surface area is 135 Å². The second-order valence-electron chi connectivity index (χ2n) is 6.48. The first-order valence-corrected chi connectivity index (χ1v) is 7.68. The number of halogens is 1. The van der Waals surface area contributed by atoms with Gasteiger partial charge in [-0.15, -0.1) is 0 Å². The molecular formula is C16H22ClNO4. The van der Waals surface area contributed by atoms with Gasteiger partial charge in [0.15, 0.2) is 0 Å². The fraction of sp³-hybridized carbons (Fsp3) is 0.562. The Morgan fingerprint density at radius 3 is 2.50 bits per heavy atom. The third-order valence-electron chi connectivity index (χ3n) is 3.49. The van der Waals surface area contributed by atoms with Crippen LogP contribution >= 0.6 is 11.6 Å². The number of carboxylic acids is 1. The fourth-order valence-electron chi connectivity index (χ4n) is 2.38. The topological polar surface area (TPSA) is 67.8 Å². The number of carbonyl (C=O) groups is 1. The third-order valence-corrected chi connectivity index (χ3v) is 3.78. The lowest BCUT2D eigenvalue weighted by molar-refractivity contribution is -0.145. The molecular weight excluding hydrogens is 306 g/mol. The maximum absolute atomic E-state index is 11.6. The molecule has 0 saturated carbocycles. The molecule has 6 heteroatoms. The fourth-order valence-corrected chi connectivity index (χ4v) is 2.60. The Morgan fingerprint density at radius 2 is 2.00 bits per heavy atom. The van der Waals surface area contributed by atoms with Gasteiger partial charge in [-0.1, -0.05) is 11.6 Å². The van der Waals surface area contributed by atoms with Crippen LogP contribution < -0.4 is 10.1 Å². The molecule has 0 radical (unpaired) electrons. The number of benzene rings is 1. The molecule has 2 rings (SSSR count). The highest BCUT2D eigenvalue weighted by atomic mass is 35.5. The molecule has 122 valence electrons. The minimum atomic E-state index is -1.01. The van der Waals surface area contributed by atoms with Crippen molar-refractivity contribution in [3.63, 3.8) is 0 Å². The first kappa shape index (κ1) is 16.9. The van der Waals surface area contributed by atoms with E-state index in [9.17, 15) is 9.90 Å². The van der Waals surface area contributed by atoms with Crippen LogP contribution in [0.4, 0.5) is 5.69 Å². The molecule has 0 aliphatic carbocycles. The zero-order chi connectivity index (χ0) is 16.4. The van der Waals surface area contributed by atoms with Crippen LogP contribution in [0, 0.1) is 0 Å². The summed E-state index contributed by atoms with van der Waals surface area (Å²) in [7, 11) is 0. The molecule has 0 unspecified atom stereocenters. The molecule has 0 atom stereocenters. The van der Waals surface area contributed by atoms with E-state index in [0.717, 1.165) is 0 Å². The molecule has 1 aromatic rings. The number of anilines is 1. The predicted octanol–water partition coefficient (Wildman–Crippen LogP) is 3.56. The second kappa shape index (κ2) is 6.34. The van der Waals surface area contributed by atoms with Crippen molar-refractivity contribution < 1.29 is 19.4 Å². The number of aliphatic carboxylic acids is 1. The Bertz CT molecular complexity index is 548. The van der Waals surface area contributed by atoms with E-state index in [0.29, 0.717) is 42.5 Å². The summed E-state index contributed by atoms with van der Waals surface area (Å²) in [6.07, 6.45) is 0.834. The van der Waals surface area contributed by atoms with E-state index >= 15 is 0 Å². The summed E-state index contributed by atoms with van der Waals surface area (Å²) < 4.78 is 11.0. The van der Waals surface area contributed by atoms with Gasteiger partial charge in [-0.2, -0.15) is 0 Å². The monoisotopic (exact) mass is 327 g/mol. The largest absolute Gasteiger partial charge is 0.487 e. The van der Waals surface area contributed by atoms with Gasteiger partial charge >= 0.3 is 5.97 Å². The molecule has 1 heterocycles. The Hall–Kier alpha value is -1.46. The van der Waals surface area contributed by atoms with Crippen molar-refractivity contribution in [3.05, 3.63) is 23.2 Å². The van der Waals surface area contributed by atoms with Gasteiger partial charge in [0.2, 0.25) is 0 Å².